The Hall–Kier alpha value is -1.65. The first kappa shape index (κ1) is 14.9. The lowest BCUT2D eigenvalue weighted by Crippen LogP contribution is -2.32. The Morgan fingerprint density at radius 3 is 2.74 bits per heavy atom. The van der Waals surface area contributed by atoms with E-state index < -0.39 is 0 Å². The quantitative estimate of drug-likeness (QED) is 0.725. The van der Waals surface area contributed by atoms with Crippen molar-refractivity contribution in [1.82, 2.24) is 14.9 Å². The number of piperidine rings is 1. The maximum Gasteiger partial charge on any atom is 0.137 e. The van der Waals surface area contributed by atoms with Crippen molar-refractivity contribution < 1.29 is 0 Å². The van der Waals surface area contributed by atoms with Crippen LogP contribution in [0.5, 0.6) is 0 Å². The van der Waals surface area contributed by atoms with Gasteiger partial charge in [0.1, 0.15) is 5.65 Å². The average molecular weight is 370 g/mol. The van der Waals surface area contributed by atoms with Gasteiger partial charge in [0.2, 0.25) is 0 Å². The molecule has 0 unspecified atom stereocenters. The van der Waals surface area contributed by atoms with Crippen molar-refractivity contribution in [3.8, 4) is 0 Å². The highest BCUT2D eigenvalue weighted by molar-refractivity contribution is 9.10. The molecule has 3 heterocycles. The van der Waals surface area contributed by atoms with E-state index in [1.807, 2.05) is 6.20 Å². The standard InChI is InChI=1S/C19H20BrN3/c20-17-10-18-16(11-21-19(18)22-12-17)13-23-8-6-15(7-9-23)14-4-2-1-3-5-14/h1-5,10-12,15H,6-9,13H2,(H,21,22). The van der Waals surface area contributed by atoms with Gasteiger partial charge >= 0.3 is 0 Å². The number of nitrogens with one attached hydrogen (secondary N) is 1. The first-order chi connectivity index (χ1) is 11.3. The molecule has 0 amide bonds. The topological polar surface area (TPSA) is 31.9 Å². The van der Waals surface area contributed by atoms with Crippen LogP contribution in [0, 0.1) is 0 Å². The Bertz CT molecular complexity index is 789. The summed E-state index contributed by atoms with van der Waals surface area (Å²) in [5.41, 5.74) is 3.81. The highest BCUT2D eigenvalue weighted by Crippen LogP contribution is 2.29. The molecule has 1 saturated heterocycles. The molecule has 118 valence electrons. The Labute approximate surface area is 144 Å². The molecular formula is C19H20BrN3. The lowest BCUT2D eigenvalue weighted by Gasteiger charge is -2.32. The summed E-state index contributed by atoms with van der Waals surface area (Å²) in [5, 5.41) is 1.23. The van der Waals surface area contributed by atoms with E-state index in [1.54, 1.807) is 0 Å². The zero-order valence-corrected chi connectivity index (χ0v) is 14.6. The summed E-state index contributed by atoms with van der Waals surface area (Å²) in [6.45, 7) is 3.32. The Morgan fingerprint density at radius 1 is 1.17 bits per heavy atom. The SMILES string of the molecule is Brc1cnc2[nH]cc(CN3CCC(c4ccccc4)CC3)c2c1. The number of likely N-dealkylation sites (tertiary alicyclic amines) is 1. The average Bonchev–Trinajstić information content (AvgIpc) is 2.98. The molecule has 0 spiro atoms. The van der Waals surface area contributed by atoms with Gasteiger partial charge in [0.15, 0.2) is 0 Å². The van der Waals surface area contributed by atoms with Crippen LogP contribution in [0.3, 0.4) is 0 Å². The fourth-order valence-electron chi connectivity index (χ4n) is 3.55. The van der Waals surface area contributed by atoms with E-state index in [4.69, 9.17) is 0 Å². The van der Waals surface area contributed by atoms with E-state index in [-0.39, 0.29) is 0 Å². The molecule has 1 aliphatic heterocycles. The third-order valence-electron chi connectivity index (χ3n) is 4.84. The van der Waals surface area contributed by atoms with E-state index in [9.17, 15) is 0 Å². The van der Waals surface area contributed by atoms with Crippen molar-refractivity contribution in [2.45, 2.75) is 25.3 Å². The smallest absolute Gasteiger partial charge is 0.137 e. The lowest BCUT2D eigenvalue weighted by atomic mass is 9.89. The second-order valence-electron chi connectivity index (χ2n) is 6.32. The number of benzene rings is 1. The van der Waals surface area contributed by atoms with Crippen LogP contribution in [0.2, 0.25) is 0 Å². The number of H-pyrrole nitrogens is 1. The molecule has 4 rings (SSSR count). The summed E-state index contributed by atoms with van der Waals surface area (Å²) in [5.74, 6) is 0.714. The first-order valence-corrected chi connectivity index (χ1v) is 8.98. The van der Waals surface area contributed by atoms with E-state index in [0.717, 1.165) is 29.8 Å². The monoisotopic (exact) mass is 369 g/mol. The number of aromatic nitrogens is 2. The first-order valence-electron chi connectivity index (χ1n) is 8.18. The number of rotatable bonds is 3. The van der Waals surface area contributed by atoms with Gasteiger partial charge in [-0.25, -0.2) is 4.98 Å². The summed E-state index contributed by atoms with van der Waals surface area (Å²) >= 11 is 3.52. The number of halogens is 1. The van der Waals surface area contributed by atoms with Crippen LogP contribution in [-0.4, -0.2) is 28.0 Å². The van der Waals surface area contributed by atoms with Crippen LogP contribution in [0.15, 0.2) is 53.3 Å². The molecule has 0 bridgehead atoms. The van der Waals surface area contributed by atoms with E-state index in [1.165, 1.54) is 29.4 Å². The summed E-state index contributed by atoms with van der Waals surface area (Å²) in [6, 6.07) is 13.1. The number of fused-ring (bicyclic) bond motifs is 1. The second-order valence-corrected chi connectivity index (χ2v) is 7.24. The van der Waals surface area contributed by atoms with Crippen LogP contribution < -0.4 is 0 Å². The maximum atomic E-state index is 4.43. The molecular weight excluding hydrogens is 350 g/mol. The molecule has 0 atom stereocenters. The highest BCUT2D eigenvalue weighted by Gasteiger charge is 2.21. The largest absolute Gasteiger partial charge is 0.346 e. The molecule has 3 nitrogen and oxygen atoms in total. The highest BCUT2D eigenvalue weighted by atomic mass is 79.9. The lowest BCUT2D eigenvalue weighted by molar-refractivity contribution is 0.205. The van der Waals surface area contributed by atoms with Gasteiger partial charge in [-0.15, -0.1) is 0 Å². The van der Waals surface area contributed by atoms with Crippen LogP contribution in [-0.2, 0) is 6.54 Å². The summed E-state index contributed by atoms with van der Waals surface area (Å²) in [4.78, 5) is 10.3. The van der Waals surface area contributed by atoms with Crippen molar-refractivity contribution in [3.63, 3.8) is 0 Å². The van der Waals surface area contributed by atoms with Gasteiger partial charge in [-0.3, -0.25) is 4.90 Å². The molecule has 23 heavy (non-hydrogen) atoms. The van der Waals surface area contributed by atoms with Crippen molar-refractivity contribution in [2.75, 3.05) is 13.1 Å². The van der Waals surface area contributed by atoms with Gasteiger partial charge in [0.25, 0.3) is 0 Å². The van der Waals surface area contributed by atoms with Gasteiger partial charge < -0.3 is 4.98 Å². The number of nitrogens with zero attached hydrogens (tertiary/aromatic N) is 2. The number of hydrogen-bond acceptors (Lipinski definition) is 2. The molecule has 1 fully saturated rings. The Balaban J connectivity index is 1.44. The van der Waals surface area contributed by atoms with Crippen molar-refractivity contribution in [3.05, 3.63) is 64.4 Å². The third-order valence-corrected chi connectivity index (χ3v) is 5.27. The van der Waals surface area contributed by atoms with Gasteiger partial charge in [-0.2, -0.15) is 0 Å². The van der Waals surface area contributed by atoms with Crippen molar-refractivity contribution in [1.29, 1.82) is 0 Å². The Morgan fingerprint density at radius 2 is 1.96 bits per heavy atom. The van der Waals surface area contributed by atoms with Crippen LogP contribution in [0.25, 0.3) is 11.0 Å². The van der Waals surface area contributed by atoms with Crippen LogP contribution in [0.1, 0.15) is 29.9 Å². The summed E-state index contributed by atoms with van der Waals surface area (Å²) in [6.07, 6.45) is 6.43. The zero-order valence-electron chi connectivity index (χ0n) is 13.0. The summed E-state index contributed by atoms with van der Waals surface area (Å²) in [7, 11) is 0. The predicted molar refractivity (Wildman–Crippen MR) is 97.5 cm³/mol. The predicted octanol–water partition coefficient (Wildman–Crippen LogP) is 4.71. The minimum Gasteiger partial charge on any atom is -0.346 e. The number of aromatic amines is 1. The molecule has 3 aromatic rings. The Kier molecular flexibility index (Phi) is 4.19. The fraction of sp³-hybridized carbons (Fsp3) is 0.316. The molecule has 1 N–H and O–H groups in total. The van der Waals surface area contributed by atoms with Gasteiger partial charge in [-0.05, 0) is 65.0 Å². The van der Waals surface area contributed by atoms with Crippen molar-refractivity contribution >= 4 is 27.0 Å². The van der Waals surface area contributed by atoms with Gasteiger partial charge in [0, 0.05) is 28.8 Å². The molecule has 0 radical (unpaired) electrons. The van der Waals surface area contributed by atoms with Crippen molar-refractivity contribution in [2.24, 2.45) is 0 Å². The van der Waals surface area contributed by atoms with Gasteiger partial charge in [-0.1, -0.05) is 30.3 Å². The second kappa shape index (κ2) is 6.46. The molecule has 1 aromatic carbocycles. The summed E-state index contributed by atoms with van der Waals surface area (Å²) < 4.78 is 1.04. The van der Waals surface area contributed by atoms with Crippen LogP contribution >= 0.6 is 15.9 Å². The van der Waals surface area contributed by atoms with Gasteiger partial charge in [0.05, 0.1) is 0 Å². The van der Waals surface area contributed by atoms with Crippen LogP contribution in [0.4, 0.5) is 0 Å². The third kappa shape index (κ3) is 3.19. The van der Waals surface area contributed by atoms with E-state index in [0.29, 0.717) is 5.92 Å². The minimum atomic E-state index is 0.714. The number of hydrogen-bond donors (Lipinski definition) is 1. The number of pyridine rings is 1. The molecule has 0 saturated carbocycles. The van der Waals surface area contributed by atoms with E-state index in [2.05, 4.69) is 73.4 Å². The fourth-order valence-corrected chi connectivity index (χ4v) is 3.88. The van der Waals surface area contributed by atoms with E-state index >= 15 is 0 Å². The maximum absolute atomic E-state index is 4.43. The normalized spacial score (nSPS) is 16.9. The molecule has 2 aromatic heterocycles. The minimum absolute atomic E-state index is 0.714. The molecule has 0 aliphatic carbocycles. The molecule has 4 heteroatoms. The molecule has 1 aliphatic rings. The zero-order chi connectivity index (χ0) is 15.6.